The number of esters is 4. The Morgan fingerprint density at radius 2 is 1.08 bits per heavy atom. The number of aryl methyl sites for hydroxylation is 1. The number of alkyl halides is 1. The van der Waals surface area contributed by atoms with Gasteiger partial charge in [0.1, 0.15) is 10.1 Å². The van der Waals surface area contributed by atoms with Crippen molar-refractivity contribution >= 4 is 146 Å². The molecule has 1 aliphatic heterocycles. The van der Waals surface area contributed by atoms with Crippen LogP contribution in [0.5, 0.6) is 0 Å². The second-order valence-electron chi connectivity index (χ2n) is 17.8. The van der Waals surface area contributed by atoms with Crippen molar-refractivity contribution in [1.29, 1.82) is 0 Å². The number of Topliss-reactive ketones (excluding diaryl/α,β-unsaturated/α-hetero) is 6. The summed E-state index contributed by atoms with van der Waals surface area (Å²) in [5.41, 5.74) is 2.33. The molecule has 2 amide bonds. The van der Waals surface area contributed by atoms with Crippen LogP contribution in [0.15, 0.2) is 89.2 Å². The van der Waals surface area contributed by atoms with Crippen LogP contribution in [0.1, 0.15) is 117 Å². The summed E-state index contributed by atoms with van der Waals surface area (Å²) >= 11 is 2.20. The molecule has 0 bridgehead atoms. The van der Waals surface area contributed by atoms with Gasteiger partial charge in [-0.25, -0.2) is 9.97 Å². The molecule has 454 valence electrons. The molecule has 5 aliphatic rings. The Hall–Kier alpha value is -5.40. The molecule has 4 aliphatic carbocycles. The maximum atomic E-state index is 12.0. The van der Waals surface area contributed by atoms with E-state index in [0.29, 0.717) is 49.1 Å². The molecule has 3 unspecified atom stereocenters. The first-order valence-electron chi connectivity index (χ1n) is 25.8. The van der Waals surface area contributed by atoms with Gasteiger partial charge in [-0.2, -0.15) is 8.42 Å². The summed E-state index contributed by atoms with van der Waals surface area (Å²) in [4.78, 5) is 147. The highest BCUT2D eigenvalue weighted by molar-refractivity contribution is 14.1. The molecule has 1 N–H and O–H groups in total. The number of ketones is 6. The normalized spacial score (nSPS) is 18.0. The zero-order valence-corrected chi connectivity index (χ0v) is 51.5. The lowest BCUT2D eigenvalue weighted by Crippen LogP contribution is -2.38. The van der Waals surface area contributed by atoms with Crippen molar-refractivity contribution < 1.29 is 89.5 Å². The SMILES string of the molecule is C.C=C1CCC(=O)C1OC(=O)CCCI.C=C1CCC(=O)C1OC(=O)CCN1C(=O)C=CC1=O.CC.Cc1ccc(SSCCC(C(=O)OC2C(=O)CCC2=O)S(=O)(=O)O)nc1.O=C(CCCSSc1ccccn1)OC1C(=O)CCC1=O. The summed E-state index contributed by atoms with van der Waals surface area (Å²) in [6.07, 6.45) is 5.46. The van der Waals surface area contributed by atoms with Crippen molar-refractivity contribution in [1.82, 2.24) is 14.9 Å². The Morgan fingerprint density at radius 1 is 0.639 bits per heavy atom. The van der Waals surface area contributed by atoms with Crippen molar-refractivity contribution in [2.24, 2.45) is 0 Å². The molecule has 2 aromatic heterocycles. The molecule has 0 aromatic carbocycles. The first-order valence-corrected chi connectivity index (χ1v) is 33.4. The summed E-state index contributed by atoms with van der Waals surface area (Å²) in [5.74, 6) is -4.47. The van der Waals surface area contributed by atoms with E-state index in [0.717, 1.165) is 49.8 Å². The number of halogens is 1. The first-order chi connectivity index (χ1) is 39.0. The predicted octanol–water partition coefficient (Wildman–Crippen LogP) is 7.89. The third kappa shape index (κ3) is 26.2. The van der Waals surface area contributed by atoms with E-state index in [2.05, 4.69) is 45.7 Å². The average Bonchev–Trinajstić information content (AvgIpc) is 4.27. The van der Waals surface area contributed by atoms with E-state index in [1.807, 2.05) is 45.0 Å². The number of pyridine rings is 2. The molecule has 3 atom stereocenters. The van der Waals surface area contributed by atoms with Crippen molar-refractivity contribution in [2.45, 2.75) is 158 Å². The molecule has 0 spiro atoms. The van der Waals surface area contributed by atoms with Gasteiger partial charge in [-0.3, -0.25) is 67.0 Å². The first kappa shape index (κ1) is 73.7. The van der Waals surface area contributed by atoms with E-state index in [1.165, 1.54) is 21.6 Å². The Bertz CT molecular complexity index is 2730. The zero-order chi connectivity index (χ0) is 60.9. The molecular weight excluding hydrogens is 1290 g/mol. The summed E-state index contributed by atoms with van der Waals surface area (Å²) in [7, 11) is 0.980. The molecule has 22 nitrogen and oxygen atoms in total. The van der Waals surface area contributed by atoms with Gasteiger partial charge in [0.05, 0.1) is 6.42 Å². The van der Waals surface area contributed by atoms with Gasteiger partial charge < -0.3 is 18.9 Å². The smallest absolute Gasteiger partial charge is 0.328 e. The second-order valence-corrected chi connectivity index (χ2v) is 25.3. The molecule has 0 saturated heterocycles. The Kier molecular flexibility index (Phi) is 34.2. The van der Waals surface area contributed by atoms with Crippen LogP contribution in [-0.2, 0) is 86.6 Å². The van der Waals surface area contributed by atoms with Crippen LogP contribution in [0.25, 0.3) is 0 Å². The van der Waals surface area contributed by atoms with Crippen molar-refractivity contribution in [3.63, 3.8) is 0 Å². The third-order valence-electron chi connectivity index (χ3n) is 11.6. The number of aromatic nitrogens is 2. The highest BCUT2D eigenvalue weighted by Crippen LogP contribution is 2.32. The number of ether oxygens (including phenoxy) is 4. The van der Waals surface area contributed by atoms with Gasteiger partial charge in [-0.1, -0.05) is 90.7 Å². The number of imide groups is 1. The Morgan fingerprint density at radius 3 is 1.53 bits per heavy atom. The highest BCUT2D eigenvalue weighted by atomic mass is 127. The zero-order valence-electron chi connectivity index (χ0n) is 45.3. The molecule has 4 fully saturated rings. The minimum Gasteiger partial charge on any atom is -0.450 e. The van der Waals surface area contributed by atoms with Gasteiger partial charge in [-0.15, -0.1) is 0 Å². The lowest BCUT2D eigenvalue weighted by Gasteiger charge is -2.15. The number of amides is 2. The van der Waals surface area contributed by atoms with Gasteiger partial charge in [0.25, 0.3) is 21.9 Å². The predicted molar refractivity (Wildman–Crippen MR) is 320 cm³/mol. The van der Waals surface area contributed by atoms with Gasteiger partial charge in [-0.05, 0) is 95.5 Å². The van der Waals surface area contributed by atoms with E-state index >= 15 is 0 Å². The fraction of sp³-hybridized carbons (Fsp3) is 0.491. The van der Waals surface area contributed by atoms with Crippen molar-refractivity contribution in [3.8, 4) is 0 Å². The van der Waals surface area contributed by atoms with Crippen molar-refractivity contribution in [2.75, 3.05) is 22.5 Å². The van der Waals surface area contributed by atoms with Crippen LogP contribution in [0, 0.1) is 6.92 Å². The topological polar surface area (TPSA) is 325 Å². The van der Waals surface area contributed by atoms with E-state index in [9.17, 15) is 70.5 Å². The van der Waals surface area contributed by atoms with Gasteiger partial charge in [0, 0.05) is 98.4 Å². The van der Waals surface area contributed by atoms with E-state index in [-0.39, 0.29) is 93.8 Å². The molecule has 4 saturated carbocycles. The molecule has 83 heavy (non-hydrogen) atoms. The number of carbonyl (C=O) groups is 12. The summed E-state index contributed by atoms with van der Waals surface area (Å²) in [6.45, 7) is 13.2. The fourth-order valence-electron chi connectivity index (χ4n) is 7.24. The summed E-state index contributed by atoms with van der Waals surface area (Å²) in [6, 6.07) is 9.38. The van der Waals surface area contributed by atoms with Gasteiger partial charge in [0.2, 0.25) is 12.2 Å². The van der Waals surface area contributed by atoms with Gasteiger partial charge in [0.15, 0.2) is 52.2 Å². The fourth-order valence-corrected chi connectivity index (χ4v) is 12.4. The maximum absolute atomic E-state index is 12.0. The maximum Gasteiger partial charge on any atom is 0.328 e. The number of hydrogen-bond acceptors (Lipinski definition) is 24. The van der Waals surface area contributed by atoms with Gasteiger partial charge >= 0.3 is 23.9 Å². The number of nitrogens with zero attached hydrogens (tertiary/aromatic N) is 3. The molecular formula is C55H68IN3O19S5. The summed E-state index contributed by atoms with van der Waals surface area (Å²) in [5, 5.41) is -0.205. The highest BCUT2D eigenvalue weighted by Gasteiger charge is 2.41. The Labute approximate surface area is 512 Å². The second kappa shape index (κ2) is 38.5. The third-order valence-corrected chi connectivity index (χ3v) is 18.1. The van der Waals surface area contributed by atoms with Crippen LogP contribution < -0.4 is 0 Å². The minimum absolute atomic E-state index is 0. The number of carbonyl (C=O) groups excluding carboxylic acids is 12. The number of rotatable bonds is 23. The van der Waals surface area contributed by atoms with E-state index in [4.69, 9.17) is 18.9 Å². The largest absolute Gasteiger partial charge is 0.450 e. The molecule has 3 heterocycles. The minimum atomic E-state index is -4.73. The average molecular weight is 1360 g/mol. The van der Waals surface area contributed by atoms with Crippen LogP contribution in [0.2, 0.25) is 0 Å². The molecule has 7 rings (SSSR count). The van der Waals surface area contributed by atoms with Crippen LogP contribution in [0.4, 0.5) is 0 Å². The van der Waals surface area contributed by atoms with E-state index < -0.39 is 81.1 Å². The number of hydrogen-bond donors (Lipinski definition) is 1. The molecule has 28 heteroatoms. The lowest BCUT2D eigenvalue weighted by atomic mass is 10.2. The van der Waals surface area contributed by atoms with Crippen LogP contribution >= 0.6 is 65.8 Å². The Balaban J connectivity index is 0.000000380. The lowest BCUT2D eigenvalue weighted by molar-refractivity contribution is -0.157. The molecule has 2 aromatic rings. The standard InChI is InChI=1S/C15H17NO7S3.C14H15NO4S2.C13H13NO5.C10H13IO3.C2H6.CH4/c1-9-2-5-13(16-8-9)25-24-7-6-12(26(20,21)22)15(19)23-14-10(17)3-4-11(14)18;16-10-6-7-11(17)14(10)19-13(18)5-3-9-20-21-12-4-1-2-8-15-12;1-8-2-3-9(15)13(8)19-12(18)6-7-14-10(16)4-5-11(14)17;1-7-4-5-8(12)10(7)14-9(13)3-2-6-11;1-2;/h2,5,8,12,14H,3-4,6-7H2,1H3,(H,20,21,22);1-2,4,8,14H,3,5-7,9H2;4-5,13H,1-3,6-7H2;10H,1-6H2;1-2H3;1H4. The molecule has 0 radical (unpaired) electrons. The van der Waals surface area contributed by atoms with Crippen LogP contribution in [-0.4, -0.2) is 150 Å². The van der Waals surface area contributed by atoms with Crippen molar-refractivity contribution in [3.05, 3.63) is 84.7 Å². The van der Waals surface area contributed by atoms with Crippen LogP contribution in [0.3, 0.4) is 0 Å². The monoisotopic (exact) mass is 1360 g/mol. The quantitative estimate of drug-likeness (QED) is 0.0106. The van der Waals surface area contributed by atoms with E-state index in [1.54, 1.807) is 40.0 Å². The summed E-state index contributed by atoms with van der Waals surface area (Å²) < 4.78 is 52.9.